The molecule has 0 bridgehead atoms. The number of nitrogens with zero attached hydrogens (tertiary/aromatic N) is 2. The average molecular weight is 186 g/mol. The Labute approximate surface area is 77.5 Å². The van der Waals surface area contributed by atoms with Crippen LogP contribution < -0.4 is 0 Å². The van der Waals surface area contributed by atoms with Crippen LogP contribution in [0.3, 0.4) is 0 Å². The summed E-state index contributed by atoms with van der Waals surface area (Å²) in [5.74, 6) is 0. The molecule has 74 valence electrons. The smallest absolute Gasteiger partial charge is 0.109 e. The molecule has 0 saturated carbocycles. The van der Waals surface area contributed by atoms with Crippen molar-refractivity contribution < 1.29 is 9.13 Å². The number of rotatable bonds is 6. The van der Waals surface area contributed by atoms with Crippen LogP contribution in [0.1, 0.15) is 19.0 Å². The van der Waals surface area contributed by atoms with E-state index in [0.29, 0.717) is 13.2 Å². The van der Waals surface area contributed by atoms with Crippen molar-refractivity contribution in [1.82, 2.24) is 9.78 Å². The zero-order valence-corrected chi connectivity index (χ0v) is 7.87. The average Bonchev–Trinajstić information content (AvgIpc) is 2.54. The van der Waals surface area contributed by atoms with Crippen LogP contribution in [0.2, 0.25) is 0 Å². The van der Waals surface area contributed by atoms with Crippen LogP contribution in [-0.4, -0.2) is 23.1 Å². The van der Waals surface area contributed by atoms with Gasteiger partial charge in [0.2, 0.25) is 0 Å². The molecule has 0 aliphatic rings. The van der Waals surface area contributed by atoms with Crippen LogP contribution in [0.5, 0.6) is 0 Å². The molecule has 4 heteroatoms. The first-order valence-corrected chi connectivity index (χ1v) is 4.53. The quantitative estimate of drug-likeness (QED) is 0.633. The lowest BCUT2D eigenvalue weighted by Gasteiger charge is -2.05. The van der Waals surface area contributed by atoms with Gasteiger partial charge in [-0.1, -0.05) is 6.92 Å². The largest absolute Gasteiger partial charge is 0.375 e. The maximum atomic E-state index is 12.0. The summed E-state index contributed by atoms with van der Waals surface area (Å²) < 4.78 is 19.0. The number of hydrogen-bond acceptors (Lipinski definition) is 2. The number of alkyl halides is 1. The maximum absolute atomic E-state index is 12.0. The van der Waals surface area contributed by atoms with Gasteiger partial charge < -0.3 is 4.74 Å². The lowest BCUT2D eigenvalue weighted by Crippen LogP contribution is -2.07. The van der Waals surface area contributed by atoms with Crippen molar-refractivity contribution >= 4 is 0 Å². The summed E-state index contributed by atoms with van der Waals surface area (Å²) in [4.78, 5) is 0. The lowest BCUT2D eigenvalue weighted by molar-refractivity contribution is 0.115. The third-order valence-corrected chi connectivity index (χ3v) is 1.70. The van der Waals surface area contributed by atoms with E-state index in [1.54, 1.807) is 10.9 Å². The van der Waals surface area contributed by atoms with E-state index in [0.717, 1.165) is 18.7 Å². The Hall–Kier alpha value is -0.900. The molecule has 0 radical (unpaired) electrons. The minimum Gasteiger partial charge on any atom is -0.375 e. The standard InChI is InChI=1S/C9H15FN2O/c1-2-7-13-8-9-3-5-11-12(9)6-4-10/h3,5H,2,4,6-8H2,1H3. The molecule has 0 aliphatic heterocycles. The van der Waals surface area contributed by atoms with Crippen molar-refractivity contribution in [1.29, 1.82) is 0 Å². The Morgan fingerprint density at radius 1 is 1.62 bits per heavy atom. The maximum Gasteiger partial charge on any atom is 0.109 e. The van der Waals surface area contributed by atoms with Gasteiger partial charge in [0.15, 0.2) is 0 Å². The third kappa shape index (κ3) is 3.14. The highest BCUT2D eigenvalue weighted by molar-refractivity contribution is 4.98. The molecule has 1 aromatic heterocycles. The summed E-state index contributed by atoms with van der Waals surface area (Å²) in [5, 5.41) is 3.98. The molecule has 0 unspecified atom stereocenters. The molecule has 3 nitrogen and oxygen atoms in total. The Morgan fingerprint density at radius 3 is 3.15 bits per heavy atom. The van der Waals surface area contributed by atoms with E-state index < -0.39 is 0 Å². The second-order valence-electron chi connectivity index (χ2n) is 2.79. The van der Waals surface area contributed by atoms with E-state index in [9.17, 15) is 4.39 Å². The number of ether oxygens (including phenoxy) is 1. The van der Waals surface area contributed by atoms with Crippen LogP contribution in [-0.2, 0) is 17.9 Å². The molecule has 1 heterocycles. The van der Waals surface area contributed by atoms with Gasteiger partial charge in [0.25, 0.3) is 0 Å². The van der Waals surface area contributed by atoms with Crippen molar-refractivity contribution in [3.63, 3.8) is 0 Å². The minimum absolute atomic E-state index is 0.317. The molecule has 13 heavy (non-hydrogen) atoms. The first-order valence-electron chi connectivity index (χ1n) is 4.53. The van der Waals surface area contributed by atoms with Crippen molar-refractivity contribution in [2.24, 2.45) is 0 Å². The molecule has 0 spiro atoms. The van der Waals surface area contributed by atoms with Crippen LogP contribution in [0.25, 0.3) is 0 Å². The fourth-order valence-corrected chi connectivity index (χ4v) is 1.09. The van der Waals surface area contributed by atoms with Gasteiger partial charge in [-0.2, -0.15) is 5.10 Å². The van der Waals surface area contributed by atoms with Crippen molar-refractivity contribution in [3.8, 4) is 0 Å². The molecular formula is C9H15FN2O. The molecule has 0 amide bonds. The molecule has 0 fully saturated rings. The number of aromatic nitrogens is 2. The molecule has 0 aromatic carbocycles. The van der Waals surface area contributed by atoms with E-state index in [1.807, 2.05) is 6.07 Å². The molecule has 0 atom stereocenters. The molecule has 0 saturated heterocycles. The number of halogens is 1. The zero-order valence-electron chi connectivity index (χ0n) is 7.87. The summed E-state index contributed by atoms with van der Waals surface area (Å²) in [6.07, 6.45) is 2.66. The van der Waals surface area contributed by atoms with Crippen LogP contribution >= 0.6 is 0 Å². The van der Waals surface area contributed by atoms with Gasteiger partial charge in [-0.3, -0.25) is 4.68 Å². The highest BCUT2D eigenvalue weighted by Crippen LogP contribution is 2.01. The van der Waals surface area contributed by atoms with Crippen LogP contribution in [0.15, 0.2) is 12.3 Å². The summed E-state index contributed by atoms with van der Waals surface area (Å²) in [5.41, 5.74) is 0.936. The Bertz CT molecular complexity index is 237. The Kier molecular flexibility index (Phi) is 4.46. The lowest BCUT2D eigenvalue weighted by atomic mass is 10.4. The van der Waals surface area contributed by atoms with Crippen molar-refractivity contribution in [2.75, 3.05) is 13.3 Å². The highest BCUT2D eigenvalue weighted by atomic mass is 19.1. The van der Waals surface area contributed by atoms with Crippen LogP contribution in [0.4, 0.5) is 4.39 Å². The topological polar surface area (TPSA) is 27.1 Å². The molecule has 0 aliphatic carbocycles. The second kappa shape index (κ2) is 5.70. The van der Waals surface area contributed by atoms with E-state index in [1.165, 1.54) is 0 Å². The number of aryl methyl sites for hydroxylation is 1. The molecule has 0 N–H and O–H groups in total. The first-order chi connectivity index (χ1) is 6.38. The monoisotopic (exact) mass is 186 g/mol. The first kappa shape index (κ1) is 10.2. The minimum atomic E-state index is -0.386. The van der Waals surface area contributed by atoms with E-state index in [2.05, 4.69) is 12.0 Å². The summed E-state index contributed by atoms with van der Waals surface area (Å²) >= 11 is 0. The van der Waals surface area contributed by atoms with E-state index in [-0.39, 0.29) is 6.67 Å². The molecular weight excluding hydrogens is 171 g/mol. The van der Waals surface area contributed by atoms with Crippen molar-refractivity contribution in [2.45, 2.75) is 26.5 Å². The van der Waals surface area contributed by atoms with E-state index >= 15 is 0 Å². The second-order valence-corrected chi connectivity index (χ2v) is 2.79. The summed E-state index contributed by atoms with van der Waals surface area (Å²) in [6, 6.07) is 1.85. The van der Waals surface area contributed by atoms with Gasteiger partial charge in [-0.25, -0.2) is 4.39 Å². The van der Waals surface area contributed by atoms with Gasteiger partial charge in [0.05, 0.1) is 18.8 Å². The zero-order chi connectivity index (χ0) is 9.52. The normalized spacial score (nSPS) is 10.6. The highest BCUT2D eigenvalue weighted by Gasteiger charge is 2.01. The fourth-order valence-electron chi connectivity index (χ4n) is 1.09. The van der Waals surface area contributed by atoms with E-state index in [4.69, 9.17) is 4.74 Å². The van der Waals surface area contributed by atoms with Crippen molar-refractivity contribution in [3.05, 3.63) is 18.0 Å². The molecule has 1 aromatic rings. The van der Waals surface area contributed by atoms with Gasteiger partial charge in [-0.05, 0) is 12.5 Å². The number of hydrogen-bond donors (Lipinski definition) is 0. The molecule has 1 rings (SSSR count). The predicted molar refractivity (Wildman–Crippen MR) is 48.1 cm³/mol. The summed E-state index contributed by atoms with van der Waals surface area (Å²) in [6.45, 7) is 3.24. The Morgan fingerprint density at radius 2 is 2.46 bits per heavy atom. The third-order valence-electron chi connectivity index (χ3n) is 1.70. The fraction of sp³-hybridized carbons (Fsp3) is 0.667. The van der Waals surface area contributed by atoms with Crippen LogP contribution in [0, 0.1) is 0 Å². The van der Waals surface area contributed by atoms with Gasteiger partial charge in [0.1, 0.15) is 6.67 Å². The van der Waals surface area contributed by atoms with Gasteiger partial charge in [-0.15, -0.1) is 0 Å². The van der Waals surface area contributed by atoms with Gasteiger partial charge in [0, 0.05) is 12.8 Å². The summed E-state index contributed by atoms with van der Waals surface area (Å²) in [7, 11) is 0. The Balaban J connectivity index is 2.40. The SMILES string of the molecule is CCCOCc1ccnn1CCF. The predicted octanol–water partition coefficient (Wildman–Crippen LogP) is 1.78. The van der Waals surface area contributed by atoms with Gasteiger partial charge >= 0.3 is 0 Å².